The van der Waals surface area contributed by atoms with Crippen LogP contribution in [0.4, 0.5) is 4.79 Å². The van der Waals surface area contributed by atoms with Crippen molar-refractivity contribution in [3.63, 3.8) is 0 Å². The number of rotatable bonds is 3. The minimum atomic E-state index is -0.435. The molecule has 27 heavy (non-hydrogen) atoms. The van der Waals surface area contributed by atoms with Gasteiger partial charge in [-0.1, -0.05) is 42.5 Å². The van der Waals surface area contributed by atoms with E-state index in [0.717, 1.165) is 22.3 Å². The van der Waals surface area contributed by atoms with Gasteiger partial charge in [0, 0.05) is 23.9 Å². The summed E-state index contributed by atoms with van der Waals surface area (Å²) in [6.45, 7) is 4.06. The van der Waals surface area contributed by atoms with E-state index in [1.165, 1.54) is 21.6 Å². The Labute approximate surface area is 163 Å². The molecule has 4 rings (SSSR count). The Balaban J connectivity index is 1.48. The minimum Gasteiger partial charge on any atom is -0.483 e. The summed E-state index contributed by atoms with van der Waals surface area (Å²) in [6.07, 6.45) is 0.366. The molecule has 0 radical (unpaired) electrons. The van der Waals surface area contributed by atoms with E-state index in [9.17, 15) is 4.79 Å². The lowest BCUT2D eigenvalue weighted by Crippen LogP contribution is -2.25. The third-order valence-corrected chi connectivity index (χ3v) is 5.36. The van der Waals surface area contributed by atoms with Gasteiger partial charge in [-0.05, 0) is 54.8 Å². The van der Waals surface area contributed by atoms with Crippen molar-refractivity contribution >= 4 is 28.8 Å². The van der Waals surface area contributed by atoms with Crippen LogP contribution in [0.25, 0.3) is 10.8 Å². The molecular formula is C22H21NO3S. The van der Waals surface area contributed by atoms with Crippen LogP contribution in [0.3, 0.4) is 0 Å². The first-order chi connectivity index (χ1) is 12.9. The number of fused-ring (bicyclic) bond motifs is 2. The van der Waals surface area contributed by atoms with Crippen molar-refractivity contribution in [3.05, 3.63) is 66.2 Å². The maximum Gasteiger partial charge on any atom is 0.425 e. The molecular weight excluding hydrogens is 358 g/mol. The molecule has 0 saturated carbocycles. The summed E-state index contributed by atoms with van der Waals surface area (Å²) in [6, 6.07) is 19.9. The summed E-state index contributed by atoms with van der Waals surface area (Å²) in [7, 11) is 1.70. The van der Waals surface area contributed by atoms with Crippen LogP contribution in [0.15, 0.2) is 65.6 Å². The minimum absolute atomic E-state index is 0.281. The normalized spacial score (nSPS) is 14.5. The van der Waals surface area contributed by atoms with Crippen LogP contribution in [0.5, 0.6) is 11.5 Å². The Hall–Kier alpha value is -2.66. The summed E-state index contributed by atoms with van der Waals surface area (Å²) >= 11 is 1.34. The Morgan fingerprint density at radius 1 is 1.07 bits per heavy atom. The Bertz CT molecular complexity index is 1020. The molecule has 1 heterocycles. The molecule has 4 nitrogen and oxygen atoms in total. The predicted octanol–water partition coefficient (Wildman–Crippen LogP) is 5.69. The fourth-order valence-electron chi connectivity index (χ4n) is 3.25. The average Bonchev–Trinajstić information content (AvgIpc) is 2.96. The number of hydrogen-bond acceptors (Lipinski definition) is 4. The van der Waals surface area contributed by atoms with Crippen LogP contribution in [0.1, 0.15) is 19.4 Å². The van der Waals surface area contributed by atoms with Crippen molar-refractivity contribution in [3.8, 4) is 11.5 Å². The van der Waals surface area contributed by atoms with Gasteiger partial charge in [-0.3, -0.25) is 0 Å². The van der Waals surface area contributed by atoms with Crippen molar-refractivity contribution in [2.24, 2.45) is 0 Å². The van der Waals surface area contributed by atoms with E-state index in [1.807, 2.05) is 44.2 Å². The number of para-hydroxylation sites is 1. The Kier molecular flexibility index (Phi) is 4.48. The van der Waals surface area contributed by atoms with Gasteiger partial charge in [-0.15, -0.1) is 0 Å². The van der Waals surface area contributed by atoms with Gasteiger partial charge in [-0.25, -0.2) is 9.10 Å². The van der Waals surface area contributed by atoms with Crippen molar-refractivity contribution in [1.82, 2.24) is 4.31 Å². The maximum atomic E-state index is 12.6. The van der Waals surface area contributed by atoms with Crippen LogP contribution in [-0.4, -0.2) is 23.0 Å². The molecule has 0 aliphatic carbocycles. The average molecular weight is 379 g/mol. The summed E-state index contributed by atoms with van der Waals surface area (Å²) in [5.41, 5.74) is 0.784. The largest absolute Gasteiger partial charge is 0.483 e. The standard InChI is InChI=1S/C22H21NO3S/c1-22(2)14-17-9-6-10-19(20(17)26-22)25-21(24)23(3)27-18-12-11-15-7-4-5-8-16(15)13-18/h4-13H,14H2,1-3H3. The number of ether oxygens (including phenoxy) is 2. The molecule has 0 unspecified atom stereocenters. The fourth-order valence-corrected chi connectivity index (χ4v) is 3.98. The lowest BCUT2D eigenvalue weighted by atomic mass is 10.0. The number of nitrogens with zero attached hydrogens (tertiary/aromatic N) is 1. The number of amides is 1. The summed E-state index contributed by atoms with van der Waals surface area (Å²) in [5, 5.41) is 2.31. The number of hydrogen-bond donors (Lipinski definition) is 0. The molecule has 3 aromatic rings. The van der Waals surface area contributed by atoms with Crippen molar-refractivity contribution in [2.45, 2.75) is 30.8 Å². The van der Waals surface area contributed by atoms with Crippen LogP contribution in [-0.2, 0) is 6.42 Å². The van der Waals surface area contributed by atoms with Crippen LogP contribution < -0.4 is 9.47 Å². The smallest absolute Gasteiger partial charge is 0.425 e. The molecule has 0 N–H and O–H groups in total. The molecule has 5 heteroatoms. The van der Waals surface area contributed by atoms with Gasteiger partial charge in [0.25, 0.3) is 0 Å². The third-order valence-electron chi connectivity index (χ3n) is 4.47. The van der Waals surface area contributed by atoms with Gasteiger partial charge in [0.15, 0.2) is 11.5 Å². The van der Waals surface area contributed by atoms with Crippen LogP contribution in [0, 0.1) is 0 Å². The molecule has 0 saturated heterocycles. The molecule has 0 aromatic heterocycles. The topological polar surface area (TPSA) is 38.8 Å². The number of carbonyl (C=O) groups is 1. The van der Waals surface area contributed by atoms with E-state index in [1.54, 1.807) is 13.1 Å². The first-order valence-corrected chi connectivity index (χ1v) is 9.62. The van der Waals surface area contributed by atoms with Crippen molar-refractivity contribution < 1.29 is 14.3 Å². The van der Waals surface area contributed by atoms with Gasteiger partial charge in [0.1, 0.15) is 5.60 Å². The highest BCUT2D eigenvalue weighted by Crippen LogP contribution is 2.42. The van der Waals surface area contributed by atoms with E-state index in [2.05, 4.69) is 24.3 Å². The zero-order valence-corrected chi connectivity index (χ0v) is 16.4. The molecule has 1 amide bonds. The predicted molar refractivity (Wildman–Crippen MR) is 108 cm³/mol. The third kappa shape index (κ3) is 3.74. The molecule has 3 aromatic carbocycles. The second kappa shape index (κ2) is 6.82. The van der Waals surface area contributed by atoms with Crippen molar-refractivity contribution in [1.29, 1.82) is 0 Å². The zero-order chi connectivity index (χ0) is 19.0. The zero-order valence-electron chi connectivity index (χ0n) is 15.6. The highest BCUT2D eigenvalue weighted by atomic mass is 32.2. The lowest BCUT2D eigenvalue weighted by molar-refractivity contribution is 0.132. The Morgan fingerprint density at radius 3 is 2.67 bits per heavy atom. The fraction of sp³-hybridized carbons (Fsp3) is 0.227. The monoisotopic (exact) mass is 379 g/mol. The summed E-state index contributed by atoms with van der Waals surface area (Å²) < 4.78 is 13.1. The van der Waals surface area contributed by atoms with Crippen LogP contribution >= 0.6 is 11.9 Å². The maximum absolute atomic E-state index is 12.6. The van der Waals surface area contributed by atoms with Crippen LogP contribution in [0.2, 0.25) is 0 Å². The first-order valence-electron chi connectivity index (χ1n) is 8.84. The van der Waals surface area contributed by atoms with E-state index in [4.69, 9.17) is 9.47 Å². The SMILES string of the molecule is CN(Sc1ccc2ccccc2c1)C(=O)Oc1cccc2c1OC(C)(C)C2. The highest BCUT2D eigenvalue weighted by Gasteiger charge is 2.33. The number of benzene rings is 3. The van der Waals surface area contributed by atoms with E-state index < -0.39 is 6.09 Å². The molecule has 138 valence electrons. The quantitative estimate of drug-likeness (QED) is 0.548. The van der Waals surface area contributed by atoms with E-state index in [-0.39, 0.29) is 5.60 Å². The molecule has 0 fully saturated rings. The summed E-state index contributed by atoms with van der Waals surface area (Å²) in [4.78, 5) is 13.5. The number of carbonyl (C=O) groups excluding carboxylic acids is 1. The van der Waals surface area contributed by atoms with E-state index >= 15 is 0 Å². The van der Waals surface area contributed by atoms with Gasteiger partial charge < -0.3 is 9.47 Å². The van der Waals surface area contributed by atoms with Crippen molar-refractivity contribution in [2.75, 3.05) is 7.05 Å². The molecule has 0 atom stereocenters. The second-order valence-electron chi connectivity index (χ2n) is 7.25. The lowest BCUT2D eigenvalue weighted by Gasteiger charge is -2.19. The molecule has 1 aliphatic heterocycles. The van der Waals surface area contributed by atoms with Gasteiger partial charge >= 0.3 is 6.09 Å². The molecule has 0 bridgehead atoms. The van der Waals surface area contributed by atoms with Gasteiger partial charge in [0.05, 0.1) is 0 Å². The summed E-state index contributed by atoms with van der Waals surface area (Å²) in [5.74, 6) is 1.13. The Morgan fingerprint density at radius 2 is 1.85 bits per heavy atom. The highest BCUT2D eigenvalue weighted by molar-refractivity contribution is 7.97. The van der Waals surface area contributed by atoms with Gasteiger partial charge in [0.2, 0.25) is 0 Å². The first kappa shape index (κ1) is 17.7. The second-order valence-corrected chi connectivity index (χ2v) is 8.45. The molecule has 1 aliphatic rings. The van der Waals surface area contributed by atoms with E-state index in [0.29, 0.717) is 11.5 Å². The molecule has 0 spiro atoms. The van der Waals surface area contributed by atoms with Gasteiger partial charge in [-0.2, -0.15) is 0 Å².